The summed E-state index contributed by atoms with van der Waals surface area (Å²) in [5.41, 5.74) is 0.170. The first-order valence-corrected chi connectivity index (χ1v) is 9.02. The zero-order valence-corrected chi connectivity index (χ0v) is 14.7. The number of hydrogen-bond donors (Lipinski definition) is 4. The molecule has 0 aliphatic rings. The van der Waals surface area contributed by atoms with Crippen molar-refractivity contribution in [1.29, 1.82) is 0 Å². The van der Waals surface area contributed by atoms with Gasteiger partial charge in [-0.2, -0.15) is 4.72 Å². The normalized spacial score (nSPS) is 12.5. The van der Waals surface area contributed by atoms with Crippen LogP contribution in [0.3, 0.4) is 0 Å². The van der Waals surface area contributed by atoms with Gasteiger partial charge in [0.05, 0.1) is 10.6 Å². The van der Waals surface area contributed by atoms with E-state index in [1.54, 1.807) is 0 Å². The van der Waals surface area contributed by atoms with E-state index in [1.807, 2.05) is 4.72 Å². The minimum Gasteiger partial charge on any atom is -0.508 e. The number of halogens is 1. The van der Waals surface area contributed by atoms with Crippen molar-refractivity contribution in [1.82, 2.24) is 4.72 Å². The van der Waals surface area contributed by atoms with E-state index >= 15 is 0 Å². The van der Waals surface area contributed by atoms with E-state index in [0.717, 1.165) is 18.2 Å². The third kappa shape index (κ3) is 4.72. The zero-order valence-electron chi connectivity index (χ0n) is 13.1. The molecule has 0 aliphatic carbocycles. The van der Waals surface area contributed by atoms with Crippen molar-refractivity contribution in [2.45, 2.75) is 17.4 Å². The first kappa shape index (κ1) is 19.7. The summed E-state index contributed by atoms with van der Waals surface area (Å²) in [4.78, 5) is 21.9. The maximum atomic E-state index is 12.5. The second-order valence-corrected chi connectivity index (χ2v) is 7.42. The highest BCUT2D eigenvalue weighted by molar-refractivity contribution is 7.89. The molecule has 0 fully saturated rings. The standard InChI is InChI=1S/C16H14ClNO7S/c17-12-6-3-10(15(20)21)8-14(12)26(24,25)18-13(16(22)23)7-9-1-4-11(19)5-2-9/h1-6,8,13,18-19H,7H2,(H,20,21)(H,22,23). The minimum absolute atomic E-state index is 0.0153. The predicted octanol–water partition coefficient (Wildman–Crippen LogP) is 1.72. The molecule has 10 heteroatoms. The quantitative estimate of drug-likeness (QED) is 0.555. The maximum Gasteiger partial charge on any atom is 0.335 e. The fourth-order valence-electron chi connectivity index (χ4n) is 2.14. The SMILES string of the molecule is O=C(O)c1ccc(Cl)c(S(=O)(=O)NC(Cc2ccc(O)cc2)C(=O)O)c1. The number of hydrogen-bond acceptors (Lipinski definition) is 5. The van der Waals surface area contributed by atoms with E-state index in [-0.39, 0.29) is 22.8 Å². The molecule has 0 amide bonds. The summed E-state index contributed by atoms with van der Waals surface area (Å²) >= 11 is 5.84. The summed E-state index contributed by atoms with van der Waals surface area (Å²) in [7, 11) is -4.39. The highest BCUT2D eigenvalue weighted by Crippen LogP contribution is 2.23. The molecule has 4 N–H and O–H groups in total. The molecule has 2 aromatic rings. The first-order valence-electron chi connectivity index (χ1n) is 7.16. The number of aromatic hydroxyl groups is 1. The highest BCUT2D eigenvalue weighted by Gasteiger charge is 2.28. The van der Waals surface area contributed by atoms with E-state index < -0.39 is 32.9 Å². The molecule has 0 bridgehead atoms. The van der Waals surface area contributed by atoms with Crippen molar-refractivity contribution >= 4 is 33.6 Å². The molecule has 0 radical (unpaired) electrons. The van der Waals surface area contributed by atoms with Crippen molar-refractivity contribution < 1.29 is 33.3 Å². The second kappa shape index (κ2) is 7.73. The maximum absolute atomic E-state index is 12.5. The molecule has 8 nitrogen and oxygen atoms in total. The summed E-state index contributed by atoms with van der Waals surface area (Å²) in [6.07, 6.45) is -0.189. The number of phenolic OH excluding ortho intramolecular Hbond substituents is 1. The molecule has 0 saturated heterocycles. The van der Waals surface area contributed by atoms with Crippen LogP contribution >= 0.6 is 11.6 Å². The molecule has 1 atom stereocenters. The van der Waals surface area contributed by atoms with Gasteiger partial charge in [-0.15, -0.1) is 0 Å². The van der Waals surface area contributed by atoms with Crippen LogP contribution in [-0.2, 0) is 21.2 Å². The zero-order chi connectivity index (χ0) is 19.5. The summed E-state index contributed by atoms with van der Waals surface area (Å²) in [5.74, 6) is -2.79. The van der Waals surface area contributed by atoms with E-state index in [1.165, 1.54) is 24.3 Å². The lowest BCUT2D eigenvalue weighted by Crippen LogP contribution is -2.42. The second-order valence-electron chi connectivity index (χ2n) is 5.33. The molecule has 0 spiro atoms. The number of carbonyl (C=O) groups is 2. The van der Waals surface area contributed by atoms with Gasteiger partial charge in [0, 0.05) is 0 Å². The van der Waals surface area contributed by atoms with Gasteiger partial charge in [-0.25, -0.2) is 13.2 Å². The summed E-state index contributed by atoms with van der Waals surface area (Å²) in [6.45, 7) is 0. The van der Waals surface area contributed by atoms with Crippen molar-refractivity contribution in [3.05, 3.63) is 58.6 Å². The van der Waals surface area contributed by atoms with Crippen molar-refractivity contribution in [2.75, 3.05) is 0 Å². The van der Waals surface area contributed by atoms with Crippen molar-refractivity contribution in [2.24, 2.45) is 0 Å². The number of aromatic carboxylic acids is 1. The monoisotopic (exact) mass is 399 g/mol. The van der Waals surface area contributed by atoms with Crippen LogP contribution in [0, 0.1) is 0 Å². The Morgan fingerprint density at radius 3 is 2.23 bits per heavy atom. The van der Waals surface area contributed by atoms with Crippen molar-refractivity contribution in [3.8, 4) is 5.75 Å². The number of carboxylic acids is 2. The number of benzene rings is 2. The fraction of sp³-hybridized carbons (Fsp3) is 0.125. The number of rotatable bonds is 7. The molecule has 0 saturated carbocycles. The molecule has 0 aromatic heterocycles. The van der Waals surface area contributed by atoms with Gasteiger partial charge in [0.25, 0.3) is 0 Å². The molecule has 2 aromatic carbocycles. The topological polar surface area (TPSA) is 141 Å². The molecule has 0 aliphatic heterocycles. The molecule has 26 heavy (non-hydrogen) atoms. The predicted molar refractivity (Wildman–Crippen MR) is 92.0 cm³/mol. The van der Waals surface area contributed by atoms with Gasteiger partial charge in [0.1, 0.15) is 16.7 Å². The van der Waals surface area contributed by atoms with E-state index in [2.05, 4.69) is 0 Å². The molecular weight excluding hydrogens is 386 g/mol. The molecule has 1 unspecified atom stereocenters. The van der Waals surface area contributed by atoms with Crippen LogP contribution in [0.4, 0.5) is 0 Å². The average molecular weight is 400 g/mol. The van der Waals surface area contributed by atoms with Gasteiger partial charge < -0.3 is 15.3 Å². The van der Waals surface area contributed by atoms with Gasteiger partial charge in [0.15, 0.2) is 0 Å². The number of phenols is 1. The number of sulfonamides is 1. The van der Waals surface area contributed by atoms with Gasteiger partial charge in [0.2, 0.25) is 10.0 Å². The summed E-state index contributed by atoms with van der Waals surface area (Å²) in [5, 5.41) is 27.3. The minimum atomic E-state index is -4.39. The molecule has 138 valence electrons. The Hall–Kier alpha value is -2.62. The average Bonchev–Trinajstić information content (AvgIpc) is 2.56. The Morgan fingerprint density at radius 1 is 1.08 bits per heavy atom. The van der Waals surface area contributed by atoms with Crippen LogP contribution in [0.15, 0.2) is 47.4 Å². The number of aliphatic carboxylic acids is 1. The van der Waals surface area contributed by atoms with Crippen LogP contribution in [0.5, 0.6) is 5.75 Å². The molecule has 0 heterocycles. The van der Waals surface area contributed by atoms with Crippen LogP contribution in [0.1, 0.15) is 15.9 Å². The van der Waals surface area contributed by atoms with Gasteiger partial charge in [-0.05, 0) is 42.3 Å². The van der Waals surface area contributed by atoms with Crippen molar-refractivity contribution in [3.63, 3.8) is 0 Å². The van der Waals surface area contributed by atoms with Crippen LogP contribution in [0.25, 0.3) is 0 Å². The lowest BCUT2D eigenvalue weighted by atomic mass is 10.1. The van der Waals surface area contributed by atoms with Gasteiger partial charge in [-0.1, -0.05) is 23.7 Å². The highest BCUT2D eigenvalue weighted by atomic mass is 35.5. The lowest BCUT2D eigenvalue weighted by Gasteiger charge is -2.16. The Labute approximate surface area is 153 Å². The molecule has 2 rings (SSSR count). The Bertz CT molecular complexity index is 942. The number of nitrogens with one attached hydrogen (secondary N) is 1. The Kier molecular flexibility index (Phi) is 5.86. The first-order chi connectivity index (χ1) is 12.1. The van der Waals surface area contributed by atoms with Gasteiger partial charge in [-0.3, -0.25) is 4.79 Å². The van der Waals surface area contributed by atoms with Crippen LogP contribution in [0.2, 0.25) is 5.02 Å². The van der Waals surface area contributed by atoms with E-state index in [4.69, 9.17) is 16.7 Å². The third-order valence-electron chi connectivity index (χ3n) is 3.44. The van der Waals surface area contributed by atoms with Crippen LogP contribution < -0.4 is 4.72 Å². The smallest absolute Gasteiger partial charge is 0.335 e. The van der Waals surface area contributed by atoms with E-state index in [0.29, 0.717) is 5.56 Å². The molecular formula is C16H14ClNO7S. The fourth-order valence-corrected chi connectivity index (χ4v) is 3.86. The lowest BCUT2D eigenvalue weighted by molar-refractivity contribution is -0.138. The summed E-state index contributed by atoms with van der Waals surface area (Å²) < 4.78 is 27.0. The Balaban J connectivity index is 2.32. The number of carboxylic acid groups (broad SMARTS) is 2. The summed E-state index contributed by atoms with van der Waals surface area (Å²) in [6, 6.07) is 7.17. The Morgan fingerprint density at radius 2 is 1.69 bits per heavy atom. The third-order valence-corrected chi connectivity index (χ3v) is 5.39. The largest absolute Gasteiger partial charge is 0.508 e. The van der Waals surface area contributed by atoms with E-state index in [9.17, 15) is 28.2 Å². The van der Waals surface area contributed by atoms with Gasteiger partial charge >= 0.3 is 11.9 Å². The van der Waals surface area contributed by atoms with Crippen LogP contribution in [-0.4, -0.2) is 41.7 Å².